The number of nitrogens with one attached hydrogen (secondary N) is 1. The summed E-state index contributed by atoms with van der Waals surface area (Å²) in [5.74, 6) is -0.200. The lowest BCUT2D eigenvalue weighted by Crippen LogP contribution is -2.32. The van der Waals surface area contributed by atoms with Gasteiger partial charge in [0.2, 0.25) is 0 Å². The molecule has 1 amide bonds. The highest BCUT2D eigenvalue weighted by Crippen LogP contribution is 2.23. The number of thiophene rings is 1. The molecule has 0 radical (unpaired) electrons. The zero-order chi connectivity index (χ0) is 21.3. The molecule has 30 heavy (non-hydrogen) atoms. The summed E-state index contributed by atoms with van der Waals surface area (Å²) < 4.78 is 0. The van der Waals surface area contributed by atoms with Gasteiger partial charge in [-0.25, -0.2) is 0 Å². The molecular formula is C24H21ClN2O2S. The zero-order valence-corrected chi connectivity index (χ0v) is 18.3. The molecule has 2 heterocycles. The Balaban J connectivity index is 1.76. The summed E-state index contributed by atoms with van der Waals surface area (Å²) in [6.07, 6.45) is 0. The lowest BCUT2D eigenvalue weighted by Gasteiger charge is -2.23. The Morgan fingerprint density at radius 1 is 1.03 bits per heavy atom. The number of aryl methyl sites for hydroxylation is 2. The summed E-state index contributed by atoms with van der Waals surface area (Å²) in [5, 5.41) is 3.37. The van der Waals surface area contributed by atoms with Gasteiger partial charge in [-0.2, -0.15) is 0 Å². The third-order valence-corrected chi connectivity index (χ3v) is 6.39. The molecule has 0 spiro atoms. The first kappa shape index (κ1) is 20.4. The first-order valence-corrected chi connectivity index (χ1v) is 10.9. The van der Waals surface area contributed by atoms with Crippen LogP contribution in [0.5, 0.6) is 0 Å². The average molecular weight is 437 g/mol. The number of nitrogens with zero attached hydrogens (tertiary/aromatic N) is 1. The van der Waals surface area contributed by atoms with E-state index in [9.17, 15) is 9.59 Å². The third kappa shape index (κ3) is 4.04. The van der Waals surface area contributed by atoms with Crippen LogP contribution in [0, 0.1) is 13.8 Å². The van der Waals surface area contributed by atoms with Crippen molar-refractivity contribution in [2.75, 3.05) is 0 Å². The van der Waals surface area contributed by atoms with Crippen LogP contribution in [0.1, 0.15) is 31.9 Å². The SMILES string of the molecule is Cc1ccc(C)c2[nH]c(=O)c(CN(Cc3cccs3)C(=O)c3ccccc3Cl)cc12. The molecule has 0 aliphatic heterocycles. The van der Waals surface area contributed by atoms with E-state index < -0.39 is 0 Å². The lowest BCUT2D eigenvalue weighted by molar-refractivity contribution is 0.0731. The minimum Gasteiger partial charge on any atom is -0.329 e. The van der Waals surface area contributed by atoms with Crippen molar-refractivity contribution in [2.24, 2.45) is 0 Å². The lowest BCUT2D eigenvalue weighted by atomic mass is 10.0. The number of halogens is 1. The number of H-pyrrole nitrogens is 1. The van der Waals surface area contributed by atoms with E-state index in [-0.39, 0.29) is 18.0 Å². The summed E-state index contributed by atoms with van der Waals surface area (Å²) in [5.41, 5.74) is 3.73. The van der Waals surface area contributed by atoms with Gasteiger partial charge in [0.1, 0.15) is 0 Å². The van der Waals surface area contributed by atoms with Crippen LogP contribution in [0.15, 0.2) is 64.8 Å². The Morgan fingerprint density at radius 2 is 1.80 bits per heavy atom. The van der Waals surface area contributed by atoms with Gasteiger partial charge >= 0.3 is 0 Å². The molecule has 0 fully saturated rings. The largest absolute Gasteiger partial charge is 0.329 e. The molecule has 4 rings (SSSR count). The van der Waals surface area contributed by atoms with E-state index in [2.05, 4.69) is 4.98 Å². The molecule has 6 heteroatoms. The van der Waals surface area contributed by atoms with Crippen LogP contribution in [0.3, 0.4) is 0 Å². The Labute approximate surface area is 183 Å². The fourth-order valence-corrected chi connectivity index (χ4v) is 4.47. The molecule has 0 bridgehead atoms. The molecule has 0 saturated heterocycles. The number of carbonyl (C=O) groups excluding carboxylic acids is 1. The number of fused-ring (bicyclic) bond motifs is 1. The van der Waals surface area contributed by atoms with Crippen molar-refractivity contribution >= 4 is 39.7 Å². The molecule has 2 aromatic carbocycles. The highest BCUT2D eigenvalue weighted by Gasteiger charge is 2.21. The monoisotopic (exact) mass is 436 g/mol. The topological polar surface area (TPSA) is 53.2 Å². The van der Waals surface area contributed by atoms with E-state index in [1.165, 1.54) is 0 Å². The van der Waals surface area contributed by atoms with E-state index in [4.69, 9.17) is 11.6 Å². The molecule has 0 atom stereocenters. The molecule has 0 aliphatic carbocycles. The van der Waals surface area contributed by atoms with Crippen LogP contribution in [-0.4, -0.2) is 15.8 Å². The zero-order valence-electron chi connectivity index (χ0n) is 16.7. The Hall–Kier alpha value is -2.89. The predicted molar refractivity (Wildman–Crippen MR) is 123 cm³/mol. The fourth-order valence-electron chi connectivity index (χ4n) is 3.54. The molecule has 2 aromatic heterocycles. The number of rotatable bonds is 5. The van der Waals surface area contributed by atoms with Crippen LogP contribution < -0.4 is 5.56 Å². The van der Waals surface area contributed by atoms with E-state index in [1.54, 1.807) is 40.5 Å². The first-order valence-electron chi connectivity index (χ1n) is 9.62. The highest BCUT2D eigenvalue weighted by molar-refractivity contribution is 7.09. The van der Waals surface area contributed by atoms with Gasteiger partial charge in [-0.05, 0) is 54.6 Å². The smallest absolute Gasteiger partial charge is 0.255 e. The van der Waals surface area contributed by atoms with Crippen molar-refractivity contribution in [1.82, 2.24) is 9.88 Å². The summed E-state index contributed by atoms with van der Waals surface area (Å²) >= 11 is 7.86. The second kappa shape index (κ2) is 8.46. The Kier molecular flexibility index (Phi) is 5.75. The maximum Gasteiger partial charge on any atom is 0.255 e. The van der Waals surface area contributed by atoms with Gasteiger partial charge in [0.25, 0.3) is 11.5 Å². The molecule has 0 saturated carbocycles. The third-order valence-electron chi connectivity index (χ3n) is 5.20. The molecule has 152 valence electrons. The van der Waals surface area contributed by atoms with Gasteiger partial charge in [0.05, 0.1) is 29.2 Å². The van der Waals surface area contributed by atoms with Crippen LogP contribution in [0.2, 0.25) is 5.02 Å². The molecular weight excluding hydrogens is 416 g/mol. The van der Waals surface area contributed by atoms with E-state index in [0.717, 1.165) is 26.9 Å². The molecule has 4 nitrogen and oxygen atoms in total. The number of aromatic nitrogens is 1. The predicted octanol–water partition coefficient (Wildman–Crippen LogP) is 5.70. The summed E-state index contributed by atoms with van der Waals surface area (Å²) in [6.45, 7) is 4.59. The van der Waals surface area contributed by atoms with E-state index >= 15 is 0 Å². The quantitative estimate of drug-likeness (QED) is 0.436. The summed E-state index contributed by atoms with van der Waals surface area (Å²) in [7, 11) is 0. The number of aromatic amines is 1. The number of carbonyl (C=O) groups is 1. The standard InChI is InChI=1S/C24H21ClN2O2S/c1-15-9-10-16(2)22-20(15)12-17(23(28)26-22)13-27(14-18-6-5-11-30-18)24(29)19-7-3-4-8-21(19)25/h3-12H,13-14H2,1-2H3,(H,26,28). The number of hydrogen-bond acceptors (Lipinski definition) is 3. The van der Waals surface area contributed by atoms with Gasteiger partial charge in [-0.15, -0.1) is 11.3 Å². The first-order chi connectivity index (χ1) is 14.4. The summed E-state index contributed by atoms with van der Waals surface area (Å²) in [6, 6.07) is 16.9. The van der Waals surface area contributed by atoms with E-state index in [0.29, 0.717) is 22.7 Å². The highest BCUT2D eigenvalue weighted by atomic mass is 35.5. The Bertz CT molecular complexity index is 1280. The second-order valence-corrected chi connectivity index (χ2v) is 8.77. The van der Waals surface area contributed by atoms with Crippen molar-refractivity contribution in [1.29, 1.82) is 0 Å². The van der Waals surface area contributed by atoms with Crippen molar-refractivity contribution < 1.29 is 4.79 Å². The number of amides is 1. The number of benzene rings is 2. The number of hydrogen-bond donors (Lipinski definition) is 1. The van der Waals surface area contributed by atoms with Crippen molar-refractivity contribution in [3.63, 3.8) is 0 Å². The van der Waals surface area contributed by atoms with Gasteiger partial charge in [0.15, 0.2) is 0 Å². The minimum absolute atomic E-state index is 0.181. The van der Waals surface area contributed by atoms with Gasteiger partial charge < -0.3 is 9.88 Å². The molecule has 4 aromatic rings. The van der Waals surface area contributed by atoms with Crippen molar-refractivity contribution in [2.45, 2.75) is 26.9 Å². The maximum atomic E-state index is 13.3. The van der Waals surface area contributed by atoms with Crippen LogP contribution >= 0.6 is 22.9 Å². The van der Waals surface area contributed by atoms with E-state index in [1.807, 2.05) is 49.6 Å². The Morgan fingerprint density at radius 3 is 2.53 bits per heavy atom. The van der Waals surface area contributed by atoms with Crippen molar-refractivity contribution in [3.8, 4) is 0 Å². The second-order valence-electron chi connectivity index (χ2n) is 7.33. The fraction of sp³-hybridized carbons (Fsp3) is 0.167. The van der Waals surface area contributed by atoms with Gasteiger partial charge in [-0.1, -0.05) is 41.9 Å². The van der Waals surface area contributed by atoms with Crippen molar-refractivity contribution in [3.05, 3.63) is 102 Å². The molecule has 1 N–H and O–H groups in total. The number of pyridine rings is 1. The minimum atomic E-state index is -0.200. The van der Waals surface area contributed by atoms with Crippen LogP contribution in [0.25, 0.3) is 10.9 Å². The van der Waals surface area contributed by atoms with Crippen LogP contribution in [0.4, 0.5) is 0 Å². The maximum absolute atomic E-state index is 13.3. The molecule has 0 unspecified atom stereocenters. The van der Waals surface area contributed by atoms with Crippen LogP contribution in [-0.2, 0) is 13.1 Å². The molecule has 0 aliphatic rings. The summed E-state index contributed by atoms with van der Waals surface area (Å²) in [4.78, 5) is 31.9. The normalized spacial score (nSPS) is 11.0. The van der Waals surface area contributed by atoms with Gasteiger partial charge in [0, 0.05) is 15.8 Å². The van der Waals surface area contributed by atoms with Gasteiger partial charge in [-0.3, -0.25) is 9.59 Å². The average Bonchev–Trinajstić information content (AvgIpc) is 3.24.